The number of nitrogens with one attached hydrogen (secondary N) is 1. The molecule has 2 heterocycles. The van der Waals surface area contributed by atoms with E-state index in [0.29, 0.717) is 5.82 Å². The molecule has 0 aliphatic heterocycles. The Balaban J connectivity index is 1.48. The number of benzene rings is 1. The van der Waals surface area contributed by atoms with E-state index in [2.05, 4.69) is 36.3 Å². The Labute approximate surface area is 149 Å². The fraction of sp³-hybridized carbons (Fsp3) is 0.438. The predicted molar refractivity (Wildman–Crippen MR) is 91.0 cm³/mol. The summed E-state index contributed by atoms with van der Waals surface area (Å²) < 4.78 is 1.53. The summed E-state index contributed by atoms with van der Waals surface area (Å²) >= 11 is 0. The number of nitrogens with zero attached hydrogens (tertiary/aromatic N) is 8. The normalized spacial score (nSPS) is 15.1. The van der Waals surface area contributed by atoms with Crippen molar-refractivity contribution in [2.75, 3.05) is 0 Å². The summed E-state index contributed by atoms with van der Waals surface area (Å²) in [5.41, 5.74) is 1.47. The second kappa shape index (κ2) is 7.38. The number of carbonyl (C=O) groups is 1. The zero-order chi connectivity index (χ0) is 17.8. The quantitative estimate of drug-likeness (QED) is 0.720. The van der Waals surface area contributed by atoms with Crippen LogP contribution in [0.3, 0.4) is 0 Å². The van der Waals surface area contributed by atoms with Crippen LogP contribution in [0.25, 0.3) is 17.1 Å². The first-order chi connectivity index (χ1) is 12.8. The smallest absolute Gasteiger partial charge is 0.243 e. The van der Waals surface area contributed by atoms with E-state index in [1.165, 1.54) is 35.1 Å². The fourth-order valence-electron chi connectivity index (χ4n) is 3.20. The first-order valence-electron chi connectivity index (χ1n) is 8.69. The van der Waals surface area contributed by atoms with E-state index < -0.39 is 0 Å². The molecule has 1 fully saturated rings. The Kier molecular flexibility index (Phi) is 4.63. The van der Waals surface area contributed by atoms with Gasteiger partial charge in [0.15, 0.2) is 0 Å². The minimum atomic E-state index is -0.0883. The minimum Gasteiger partial charge on any atom is -0.352 e. The molecule has 1 aliphatic rings. The largest absolute Gasteiger partial charge is 0.352 e. The molecule has 1 aromatic carbocycles. The van der Waals surface area contributed by atoms with Gasteiger partial charge in [0.1, 0.15) is 12.9 Å². The van der Waals surface area contributed by atoms with E-state index in [0.717, 1.165) is 24.1 Å². The number of hydrogen-bond donors (Lipinski definition) is 1. The molecule has 1 N–H and O–H groups in total. The lowest BCUT2D eigenvalue weighted by Gasteiger charge is -2.22. The van der Waals surface area contributed by atoms with Crippen LogP contribution in [0.2, 0.25) is 0 Å². The fourth-order valence-corrected chi connectivity index (χ4v) is 3.20. The lowest BCUT2D eigenvalue weighted by Crippen LogP contribution is -2.38. The summed E-state index contributed by atoms with van der Waals surface area (Å²) in [7, 11) is 0. The summed E-state index contributed by atoms with van der Waals surface area (Å²) in [6.07, 6.45) is 7.18. The van der Waals surface area contributed by atoms with E-state index in [4.69, 9.17) is 0 Å². The van der Waals surface area contributed by atoms with Crippen LogP contribution in [-0.4, -0.2) is 52.4 Å². The monoisotopic (exact) mass is 353 g/mol. The SMILES string of the molecule is O=C(Cn1nnc(-c2ccccc2-n2cnnn2)n1)NC1CCCCC1. The number of carbonyl (C=O) groups excluding carboxylic acids is 1. The molecule has 1 amide bonds. The highest BCUT2D eigenvalue weighted by atomic mass is 16.2. The average Bonchev–Trinajstić information content (AvgIpc) is 3.34. The second-order valence-electron chi connectivity index (χ2n) is 6.32. The summed E-state index contributed by atoms with van der Waals surface area (Å²) in [5.74, 6) is 0.330. The minimum absolute atomic E-state index is 0.0521. The molecule has 0 saturated heterocycles. The molecule has 0 radical (unpaired) electrons. The van der Waals surface area contributed by atoms with E-state index in [1.807, 2.05) is 24.3 Å². The highest BCUT2D eigenvalue weighted by molar-refractivity contribution is 5.76. The number of rotatable bonds is 5. The highest BCUT2D eigenvalue weighted by Crippen LogP contribution is 2.22. The van der Waals surface area contributed by atoms with Gasteiger partial charge in [-0.2, -0.15) is 9.48 Å². The summed E-state index contributed by atoms with van der Waals surface area (Å²) in [4.78, 5) is 13.5. The van der Waals surface area contributed by atoms with Crippen molar-refractivity contribution in [3.8, 4) is 17.1 Å². The number of hydrogen-bond acceptors (Lipinski definition) is 7. The maximum atomic E-state index is 12.2. The third-order valence-corrected chi connectivity index (χ3v) is 4.45. The van der Waals surface area contributed by atoms with Gasteiger partial charge in [-0.15, -0.1) is 15.3 Å². The van der Waals surface area contributed by atoms with Crippen LogP contribution < -0.4 is 5.32 Å². The summed E-state index contributed by atoms with van der Waals surface area (Å²) in [6.45, 7) is 0.0521. The van der Waals surface area contributed by atoms with Crippen molar-refractivity contribution in [3.63, 3.8) is 0 Å². The maximum Gasteiger partial charge on any atom is 0.243 e. The number of amides is 1. The van der Waals surface area contributed by atoms with Gasteiger partial charge in [-0.1, -0.05) is 31.4 Å². The lowest BCUT2D eigenvalue weighted by molar-refractivity contribution is -0.123. The van der Waals surface area contributed by atoms with Crippen LogP contribution in [0.5, 0.6) is 0 Å². The molecule has 0 atom stereocenters. The zero-order valence-electron chi connectivity index (χ0n) is 14.2. The van der Waals surface area contributed by atoms with E-state index in [-0.39, 0.29) is 18.5 Å². The van der Waals surface area contributed by atoms with Crippen molar-refractivity contribution in [2.24, 2.45) is 0 Å². The van der Waals surface area contributed by atoms with Crippen LogP contribution >= 0.6 is 0 Å². The maximum absolute atomic E-state index is 12.2. The average molecular weight is 353 g/mol. The van der Waals surface area contributed by atoms with Crippen LogP contribution in [-0.2, 0) is 11.3 Å². The van der Waals surface area contributed by atoms with Gasteiger partial charge in [0.25, 0.3) is 0 Å². The number of aromatic nitrogens is 8. The lowest BCUT2D eigenvalue weighted by atomic mass is 9.95. The molecule has 0 unspecified atom stereocenters. The first-order valence-corrected chi connectivity index (χ1v) is 8.69. The van der Waals surface area contributed by atoms with Gasteiger partial charge in [-0.3, -0.25) is 4.79 Å². The third kappa shape index (κ3) is 3.58. The van der Waals surface area contributed by atoms with Crippen molar-refractivity contribution in [1.82, 2.24) is 45.7 Å². The number of para-hydroxylation sites is 1. The van der Waals surface area contributed by atoms with Crippen LogP contribution in [0.1, 0.15) is 32.1 Å². The molecule has 2 aromatic heterocycles. The second-order valence-corrected chi connectivity index (χ2v) is 6.32. The van der Waals surface area contributed by atoms with E-state index in [9.17, 15) is 4.79 Å². The van der Waals surface area contributed by atoms with Crippen molar-refractivity contribution in [2.45, 2.75) is 44.7 Å². The highest BCUT2D eigenvalue weighted by Gasteiger charge is 2.17. The Morgan fingerprint density at radius 1 is 1.15 bits per heavy atom. The standard InChI is InChI=1S/C16H19N9O/c26-15(18-12-6-2-1-3-7-12)10-25-20-16(19-22-25)13-8-4-5-9-14(13)24-11-17-21-23-24/h4-5,8-9,11-12H,1-3,6-7,10H2,(H,18,26). The zero-order valence-corrected chi connectivity index (χ0v) is 14.2. The molecular weight excluding hydrogens is 334 g/mol. The van der Waals surface area contributed by atoms with Gasteiger partial charge in [0.2, 0.25) is 11.7 Å². The Hall–Kier alpha value is -3.17. The van der Waals surface area contributed by atoms with E-state index in [1.54, 1.807) is 0 Å². The predicted octanol–water partition coefficient (Wildman–Crippen LogP) is 0.765. The molecule has 10 nitrogen and oxygen atoms in total. The van der Waals surface area contributed by atoms with Crippen molar-refractivity contribution >= 4 is 5.91 Å². The van der Waals surface area contributed by atoms with Gasteiger partial charge >= 0.3 is 0 Å². The van der Waals surface area contributed by atoms with Crippen molar-refractivity contribution in [1.29, 1.82) is 0 Å². The molecule has 3 aromatic rings. The molecule has 0 spiro atoms. The summed E-state index contributed by atoms with van der Waals surface area (Å²) in [5, 5.41) is 26.7. The molecule has 4 rings (SSSR count). The molecular formula is C16H19N9O. The molecule has 26 heavy (non-hydrogen) atoms. The van der Waals surface area contributed by atoms with Gasteiger partial charge < -0.3 is 5.32 Å². The van der Waals surface area contributed by atoms with Gasteiger partial charge in [0, 0.05) is 11.6 Å². The van der Waals surface area contributed by atoms with Crippen LogP contribution in [0.15, 0.2) is 30.6 Å². The topological polar surface area (TPSA) is 116 Å². The van der Waals surface area contributed by atoms with E-state index >= 15 is 0 Å². The van der Waals surface area contributed by atoms with Crippen LogP contribution in [0, 0.1) is 0 Å². The molecule has 1 saturated carbocycles. The molecule has 10 heteroatoms. The summed E-state index contributed by atoms with van der Waals surface area (Å²) in [6, 6.07) is 7.74. The van der Waals surface area contributed by atoms with Crippen LogP contribution in [0.4, 0.5) is 0 Å². The van der Waals surface area contributed by atoms with Crippen molar-refractivity contribution < 1.29 is 4.79 Å². The number of tetrazole rings is 2. The Morgan fingerprint density at radius 2 is 2.00 bits per heavy atom. The van der Waals surface area contributed by atoms with Crippen molar-refractivity contribution in [3.05, 3.63) is 30.6 Å². The van der Waals surface area contributed by atoms with Gasteiger partial charge in [-0.25, -0.2) is 0 Å². The Morgan fingerprint density at radius 3 is 2.81 bits per heavy atom. The molecule has 0 bridgehead atoms. The first kappa shape index (κ1) is 16.3. The molecule has 1 aliphatic carbocycles. The van der Waals surface area contributed by atoms with Gasteiger partial charge in [-0.05, 0) is 40.6 Å². The molecule has 134 valence electrons. The van der Waals surface area contributed by atoms with Gasteiger partial charge in [0.05, 0.1) is 5.69 Å². The Bertz CT molecular complexity index is 867. The third-order valence-electron chi connectivity index (χ3n) is 4.45.